The van der Waals surface area contributed by atoms with Crippen LogP contribution in [0.5, 0.6) is 11.5 Å². The molecule has 1 aromatic carbocycles. The van der Waals surface area contributed by atoms with Crippen LogP contribution in [0.2, 0.25) is 0 Å². The molecule has 2 aromatic rings. The van der Waals surface area contributed by atoms with Gasteiger partial charge in [-0.2, -0.15) is 0 Å². The number of β-amino-alcohol motifs (C(OH)–C–C–N with tert-alkyl or cyclic N) is 1. The van der Waals surface area contributed by atoms with Gasteiger partial charge in [-0.25, -0.2) is 9.97 Å². The van der Waals surface area contributed by atoms with Crippen LogP contribution in [0.15, 0.2) is 30.6 Å². The van der Waals surface area contributed by atoms with Gasteiger partial charge in [-0.15, -0.1) is 0 Å². The summed E-state index contributed by atoms with van der Waals surface area (Å²) in [5.41, 5.74) is 0.275. The SMILES string of the molecule is CNc1cc(N2CCCC(O)(CNCc3ccc(OCCN4CCC(C)CC4)c(OC)c3)C2)ncn1. The van der Waals surface area contributed by atoms with E-state index in [1.54, 1.807) is 13.4 Å². The molecule has 0 saturated carbocycles. The average Bonchev–Trinajstić information content (AvgIpc) is 2.90. The van der Waals surface area contributed by atoms with Gasteiger partial charge in [-0.3, -0.25) is 4.90 Å². The number of rotatable bonds is 11. The number of likely N-dealkylation sites (tertiary alicyclic amines) is 1. The van der Waals surface area contributed by atoms with Crippen molar-refractivity contribution in [1.82, 2.24) is 20.2 Å². The molecule has 0 aliphatic carbocycles. The molecule has 9 heteroatoms. The molecule has 0 amide bonds. The van der Waals surface area contributed by atoms with Gasteiger partial charge in [0.1, 0.15) is 24.6 Å². The lowest BCUT2D eigenvalue weighted by Crippen LogP contribution is -2.53. The second kappa shape index (κ2) is 12.6. The molecule has 0 radical (unpaired) electrons. The van der Waals surface area contributed by atoms with Crippen LogP contribution in [0.3, 0.4) is 0 Å². The van der Waals surface area contributed by atoms with E-state index in [1.165, 1.54) is 12.8 Å². The lowest BCUT2D eigenvalue weighted by atomic mass is 9.92. The fourth-order valence-electron chi connectivity index (χ4n) is 5.06. The van der Waals surface area contributed by atoms with Crippen LogP contribution in [0.1, 0.15) is 38.2 Å². The topological polar surface area (TPSA) is 95.0 Å². The second-order valence-corrected chi connectivity index (χ2v) is 10.2. The third-order valence-electron chi connectivity index (χ3n) is 7.34. The van der Waals surface area contributed by atoms with Crippen LogP contribution in [-0.4, -0.2) is 85.6 Å². The highest BCUT2D eigenvalue weighted by Gasteiger charge is 2.33. The minimum absolute atomic E-state index is 0.502. The van der Waals surface area contributed by atoms with E-state index >= 15 is 0 Å². The van der Waals surface area contributed by atoms with E-state index in [0.29, 0.717) is 26.2 Å². The molecule has 1 atom stereocenters. The number of piperidine rings is 2. The number of anilines is 2. The summed E-state index contributed by atoms with van der Waals surface area (Å²) >= 11 is 0. The van der Waals surface area contributed by atoms with Crippen LogP contribution in [0.4, 0.5) is 11.6 Å². The fourth-order valence-corrected chi connectivity index (χ4v) is 5.06. The van der Waals surface area contributed by atoms with Crippen molar-refractivity contribution in [2.45, 2.75) is 44.8 Å². The maximum absolute atomic E-state index is 11.3. The molecule has 1 unspecified atom stereocenters. The van der Waals surface area contributed by atoms with Crippen LogP contribution in [0.25, 0.3) is 0 Å². The number of hydrogen-bond acceptors (Lipinski definition) is 9. The average molecular weight is 499 g/mol. The summed E-state index contributed by atoms with van der Waals surface area (Å²) in [5.74, 6) is 3.97. The van der Waals surface area contributed by atoms with Crippen molar-refractivity contribution >= 4 is 11.6 Å². The van der Waals surface area contributed by atoms with Gasteiger partial charge in [-0.05, 0) is 62.4 Å². The molecular formula is C27H42N6O3. The summed E-state index contributed by atoms with van der Waals surface area (Å²) in [6, 6.07) is 7.98. The second-order valence-electron chi connectivity index (χ2n) is 10.2. The molecule has 0 spiro atoms. The Kier molecular flexibility index (Phi) is 9.23. The largest absolute Gasteiger partial charge is 0.493 e. The third-order valence-corrected chi connectivity index (χ3v) is 7.34. The maximum atomic E-state index is 11.3. The van der Waals surface area contributed by atoms with Gasteiger partial charge in [0.05, 0.1) is 12.7 Å². The van der Waals surface area contributed by atoms with Gasteiger partial charge in [0.25, 0.3) is 0 Å². The first-order valence-corrected chi connectivity index (χ1v) is 13.2. The molecule has 2 aliphatic heterocycles. The molecule has 3 heterocycles. The summed E-state index contributed by atoms with van der Waals surface area (Å²) in [5, 5.41) is 17.7. The molecule has 9 nitrogen and oxygen atoms in total. The highest BCUT2D eigenvalue weighted by Crippen LogP contribution is 2.29. The van der Waals surface area contributed by atoms with Crippen molar-refractivity contribution in [2.75, 3.05) is 70.2 Å². The van der Waals surface area contributed by atoms with Gasteiger partial charge in [0.15, 0.2) is 11.5 Å². The van der Waals surface area contributed by atoms with Crippen molar-refractivity contribution in [3.8, 4) is 11.5 Å². The van der Waals surface area contributed by atoms with E-state index in [-0.39, 0.29) is 0 Å². The van der Waals surface area contributed by atoms with Gasteiger partial charge in [-0.1, -0.05) is 13.0 Å². The quantitative estimate of drug-likeness (QED) is 0.432. The highest BCUT2D eigenvalue weighted by molar-refractivity contribution is 5.48. The first-order chi connectivity index (χ1) is 17.5. The van der Waals surface area contributed by atoms with Crippen LogP contribution >= 0.6 is 0 Å². The number of benzene rings is 1. The standard InChI is InChI=1S/C27H42N6O3/c1-21-7-11-32(12-8-21)13-14-36-23-6-5-22(15-24(23)35-3)17-29-18-27(34)9-4-10-33(19-27)26-16-25(28-2)30-20-31-26/h5-6,15-16,20-21,29,34H,4,7-14,17-19H2,1-3H3,(H,28,30,31). The Morgan fingerprint density at radius 3 is 2.75 bits per heavy atom. The first-order valence-electron chi connectivity index (χ1n) is 13.2. The Balaban J connectivity index is 1.25. The molecule has 0 bridgehead atoms. The predicted octanol–water partition coefficient (Wildman–Crippen LogP) is 2.76. The van der Waals surface area contributed by atoms with E-state index in [9.17, 15) is 5.11 Å². The summed E-state index contributed by atoms with van der Waals surface area (Å²) in [7, 11) is 3.52. The van der Waals surface area contributed by atoms with E-state index in [2.05, 4.69) is 43.4 Å². The number of ether oxygens (including phenoxy) is 2. The summed E-state index contributed by atoms with van der Waals surface area (Å²) < 4.78 is 11.7. The molecule has 3 N–H and O–H groups in total. The smallest absolute Gasteiger partial charge is 0.161 e. The number of nitrogens with one attached hydrogen (secondary N) is 2. The molecule has 198 valence electrons. The molecule has 1 aromatic heterocycles. The molecule has 36 heavy (non-hydrogen) atoms. The molecule has 2 saturated heterocycles. The van der Waals surface area contributed by atoms with Crippen molar-refractivity contribution in [1.29, 1.82) is 0 Å². The van der Waals surface area contributed by atoms with Crippen molar-refractivity contribution in [3.63, 3.8) is 0 Å². The molecule has 2 aliphatic rings. The Morgan fingerprint density at radius 1 is 1.14 bits per heavy atom. The summed E-state index contributed by atoms with van der Waals surface area (Å²) in [4.78, 5) is 13.2. The number of methoxy groups -OCH3 is 1. The summed E-state index contributed by atoms with van der Waals surface area (Å²) in [6.45, 7) is 8.81. The van der Waals surface area contributed by atoms with E-state index in [1.807, 2.05) is 25.2 Å². The zero-order chi connectivity index (χ0) is 25.4. The lowest BCUT2D eigenvalue weighted by Gasteiger charge is -2.40. The zero-order valence-corrected chi connectivity index (χ0v) is 22.0. The van der Waals surface area contributed by atoms with Crippen molar-refractivity contribution in [3.05, 3.63) is 36.2 Å². The zero-order valence-electron chi connectivity index (χ0n) is 22.0. The minimum atomic E-state index is -0.817. The van der Waals surface area contributed by atoms with E-state index < -0.39 is 5.60 Å². The van der Waals surface area contributed by atoms with Crippen molar-refractivity contribution in [2.24, 2.45) is 5.92 Å². The Bertz CT molecular complexity index is 968. The van der Waals surface area contributed by atoms with Gasteiger partial charge < -0.3 is 30.1 Å². The normalized spacial score (nSPS) is 21.4. The van der Waals surface area contributed by atoms with Gasteiger partial charge in [0, 0.05) is 45.8 Å². The lowest BCUT2D eigenvalue weighted by molar-refractivity contribution is 0.0259. The molecular weight excluding hydrogens is 456 g/mol. The number of hydrogen-bond donors (Lipinski definition) is 3. The van der Waals surface area contributed by atoms with Crippen LogP contribution < -0.4 is 25.0 Å². The first kappa shape index (κ1) is 26.4. The maximum Gasteiger partial charge on any atom is 0.161 e. The monoisotopic (exact) mass is 498 g/mol. The van der Waals surface area contributed by atoms with E-state index in [0.717, 1.165) is 73.6 Å². The van der Waals surface area contributed by atoms with Gasteiger partial charge in [0.2, 0.25) is 0 Å². The molecule has 2 fully saturated rings. The van der Waals surface area contributed by atoms with Crippen LogP contribution in [-0.2, 0) is 6.54 Å². The number of aliphatic hydroxyl groups is 1. The third kappa shape index (κ3) is 7.21. The van der Waals surface area contributed by atoms with Crippen LogP contribution in [0, 0.1) is 5.92 Å². The van der Waals surface area contributed by atoms with Gasteiger partial charge >= 0.3 is 0 Å². The Morgan fingerprint density at radius 2 is 1.97 bits per heavy atom. The number of nitrogens with zero attached hydrogens (tertiary/aromatic N) is 4. The summed E-state index contributed by atoms with van der Waals surface area (Å²) in [6.07, 6.45) is 5.77. The predicted molar refractivity (Wildman–Crippen MR) is 143 cm³/mol. The van der Waals surface area contributed by atoms with E-state index in [4.69, 9.17) is 9.47 Å². The Labute approximate surface area is 215 Å². The fraction of sp³-hybridized carbons (Fsp3) is 0.630. The van der Waals surface area contributed by atoms with Crippen molar-refractivity contribution < 1.29 is 14.6 Å². The minimum Gasteiger partial charge on any atom is -0.493 e. The highest BCUT2D eigenvalue weighted by atomic mass is 16.5. The molecule has 4 rings (SSSR count). The number of aromatic nitrogens is 2. The Hall–Kier alpha value is -2.62.